The average molecular weight is 349 g/mol. The second-order valence-electron chi connectivity index (χ2n) is 5.69. The van der Waals surface area contributed by atoms with Crippen molar-refractivity contribution in [3.05, 3.63) is 82.9 Å². The Labute approximate surface area is 150 Å². The van der Waals surface area contributed by atoms with E-state index in [1.807, 2.05) is 48.5 Å². The number of amides is 2. The molecule has 7 nitrogen and oxygen atoms in total. The number of benzene rings is 2. The first kappa shape index (κ1) is 17.2. The maximum Gasteiger partial charge on any atom is 0.323 e. The van der Waals surface area contributed by atoms with Gasteiger partial charge in [-0.25, -0.2) is 9.78 Å². The van der Waals surface area contributed by atoms with E-state index in [2.05, 4.69) is 20.9 Å². The van der Waals surface area contributed by atoms with Crippen LogP contribution in [-0.2, 0) is 13.6 Å². The Hall–Kier alpha value is -3.61. The molecule has 0 bridgehead atoms. The van der Waals surface area contributed by atoms with Crippen LogP contribution in [0.15, 0.2) is 71.8 Å². The number of nitrogens with zero attached hydrogens (tertiary/aromatic N) is 2. The molecule has 0 spiro atoms. The summed E-state index contributed by atoms with van der Waals surface area (Å²) in [7, 11) is 1.67. The van der Waals surface area contributed by atoms with Crippen LogP contribution in [0.25, 0.3) is 0 Å². The molecule has 2 aromatic carbocycles. The van der Waals surface area contributed by atoms with Crippen LogP contribution in [0.1, 0.15) is 5.56 Å². The molecule has 0 aliphatic heterocycles. The maximum absolute atomic E-state index is 12.1. The SMILES string of the molecule is Cn1ccnc(NCc2cccc(NC(=O)Nc3ccccc3)c2)c1=O. The van der Waals surface area contributed by atoms with E-state index in [0.29, 0.717) is 17.9 Å². The Morgan fingerprint density at radius 2 is 1.77 bits per heavy atom. The second-order valence-corrected chi connectivity index (χ2v) is 5.69. The molecule has 0 saturated carbocycles. The second kappa shape index (κ2) is 7.98. The van der Waals surface area contributed by atoms with Crippen LogP contribution in [0.4, 0.5) is 22.0 Å². The van der Waals surface area contributed by atoms with Gasteiger partial charge in [0.05, 0.1) is 0 Å². The maximum atomic E-state index is 12.1. The van der Waals surface area contributed by atoms with Crippen molar-refractivity contribution in [2.75, 3.05) is 16.0 Å². The number of urea groups is 1. The quantitative estimate of drug-likeness (QED) is 0.661. The summed E-state index contributed by atoms with van der Waals surface area (Å²) in [6, 6.07) is 16.3. The average Bonchev–Trinajstić information content (AvgIpc) is 2.64. The minimum absolute atomic E-state index is 0.191. The number of para-hydroxylation sites is 1. The normalized spacial score (nSPS) is 10.2. The van der Waals surface area contributed by atoms with Gasteiger partial charge in [0.15, 0.2) is 5.82 Å². The van der Waals surface area contributed by atoms with Gasteiger partial charge in [-0.3, -0.25) is 4.79 Å². The molecule has 0 aliphatic carbocycles. The molecule has 1 heterocycles. The highest BCUT2D eigenvalue weighted by atomic mass is 16.2. The summed E-state index contributed by atoms with van der Waals surface area (Å²) in [6.45, 7) is 0.419. The van der Waals surface area contributed by atoms with Crippen molar-refractivity contribution < 1.29 is 4.79 Å². The van der Waals surface area contributed by atoms with Crippen LogP contribution in [0.2, 0.25) is 0 Å². The number of hydrogen-bond acceptors (Lipinski definition) is 4. The van der Waals surface area contributed by atoms with Gasteiger partial charge in [0.1, 0.15) is 0 Å². The summed E-state index contributed by atoms with van der Waals surface area (Å²) >= 11 is 0. The zero-order valence-corrected chi connectivity index (χ0v) is 14.3. The van der Waals surface area contributed by atoms with Gasteiger partial charge in [-0.15, -0.1) is 0 Å². The summed E-state index contributed by atoms with van der Waals surface area (Å²) < 4.78 is 1.46. The molecular weight excluding hydrogens is 330 g/mol. The Balaban J connectivity index is 1.62. The highest BCUT2D eigenvalue weighted by Crippen LogP contribution is 2.13. The van der Waals surface area contributed by atoms with E-state index >= 15 is 0 Å². The Kier molecular flexibility index (Phi) is 5.28. The van der Waals surface area contributed by atoms with Crippen LogP contribution in [0.5, 0.6) is 0 Å². The summed E-state index contributed by atoms with van der Waals surface area (Å²) in [4.78, 5) is 28.1. The van der Waals surface area contributed by atoms with Gasteiger partial charge in [0.25, 0.3) is 5.56 Å². The predicted octanol–water partition coefficient (Wildman–Crippen LogP) is 3.04. The van der Waals surface area contributed by atoms with Crippen molar-refractivity contribution in [3.8, 4) is 0 Å². The third kappa shape index (κ3) is 4.47. The van der Waals surface area contributed by atoms with Crippen molar-refractivity contribution >= 4 is 23.2 Å². The number of anilines is 3. The van der Waals surface area contributed by atoms with Gasteiger partial charge in [0, 0.05) is 37.4 Å². The standard InChI is InChI=1S/C19H19N5O2/c1-24-11-10-20-17(18(24)25)21-13-14-6-5-9-16(12-14)23-19(26)22-15-7-3-2-4-8-15/h2-12H,13H2,1H3,(H,20,21)(H2,22,23,26). The van der Waals surface area contributed by atoms with E-state index in [9.17, 15) is 9.59 Å². The lowest BCUT2D eigenvalue weighted by molar-refractivity contribution is 0.262. The number of rotatable bonds is 5. The third-order valence-corrected chi connectivity index (χ3v) is 3.69. The number of carbonyl (C=O) groups is 1. The molecule has 0 fully saturated rings. The van der Waals surface area contributed by atoms with Gasteiger partial charge < -0.3 is 20.5 Å². The molecule has 3 rings (SSSR count). The number of nitrogens with one attached hydrogen (secondary N) is 3. The fraction of sp³-hybridized carbons (Fsp3) is 0.105. The molecular formula is C19H19N5O2. The van der Waals surface area contributed by atoms with E-state index in [1.165, 1.54) is 4.57 Å². The number of carbonyl (C=O) groups excluding carboxylic acids is 1. The predicted molar refractivity (Wildman–Crippen MR) is 102 cm³/mol. The van der Waals surface area contributed by atoms with E-state index < -0.39 is 0 Å². The summed E-state index contributed by atoms with van der Waals surface area (Å²) in [6.07, 6.45) is 3.17. The van der Waals surface area contributed by atoms with Gasteiger partial charge in [0.2, 0.25) is 0 Å². The minimum atomic E-state index is -0.320. The zero-order chi connectivity index (χ0) is 18.4. The smallest absolute Gasteiger partial charge is 0.323 e. The van der Waals surface area contributed by atoms with Crippen LogP contribution < -0.4 is 21.5 Å². The number of aryl methyl sites for hydroxylation is 1. The highest BCUT2D eigenvalue weighted by molar-refractivity contribution is 5.99. The molecule has 1 aromatic heterocycles. The molecule has 0 saturated heterocycles. The van der Waals surface area contributed by atoms with E-state index in [1.54, 1.807) is 25.5 Å². The topological polar surface area (TPSA) is 88.1 Å². The largest absolute Gasteiger partial charge is 0.361 e. The van der Waals surface area contributed by atoms with E-state index in [-0.39, 0.29) is 17.4 Å². The van der Waals surface area contributed by atoms with Crippen molar-refractivity contribution in [2.45, 2.75) is 6.54 Å². The van der Waals surface area contributed by atoms with Crippen LogP contribution in [0, 0.1) is 0 Å². The Morgan fingerprint density at radius 1 is 1.04 bits per heavy atom. The first-order valence-electron chi connectivity index (χ1n) is 8.09. The lowest BCUT2D eigenvalue weighted by Gasteiger charge is -2.10. The summed E-state index contributed by atoms with van der Waals surface area (Å²) in [5, 5.41) is 8.57. The van der Waals surface area contributed by atoms with Crippen LogP contribution in [-0.4, -0.2) is 15.6 Å². The minimum Gasteiger partial charge on any atom is -0.361 e. The third-order valence-electron chi connectivity index (χ3n) is 3.69. The molecule has 0 unspecified atom stereocenters. The molecule has 0 radical (unpaired) electrons. The Bertz CT molecular complexity index is 953. The first-order chi connectivity index (χ1) is 12.6. The van der Waals surface area contributed by atoms with E-state index in [4.69, 9.17) is 0 Å². The summed E-state index contributed by atoms with van der Waals surface area (Å²) in [5.41, 5.74) is 2.10. The van der Waals surface area contributed by atoms with Crippen LogP contribution >= 0.6 is 0 Å². The molecule has 2 amide bonds. The molecule has 7 heteroatoms. The molecule has 3 aromatic rings. The van der Waals surface area contributed by atoms with Gasteiger partial charge in [-0.05, 0) is 29.8 Å². The molecule has 132 valence electrons. The van der Waals surface area contributed by atoms with Crippen molar-refractivity contribution in [1.29, 1.82) is 0 Å². The molecule has 26 heavy (non-hydrogen) atoms. The zero-order valence-electron chi connectivity index (χ0n) is 14.3. The van der Waals surface area contributed by atoms with Crippen molar-refractivity contribution in [1.82, 2.24) is 9.55 Å². The van der Waals surface area contributed by atoms with Gasteiger partial charge in [-0.1, -0.05) is 30.3 Å². The Morgan fingerprint density at radius 3 is 2.58 bits per heavy atom. The highest BCUT2D eigenvalue weighted by Gasteiger charge is 2.05. The van der Waals surface area contributed by atoms with Crippen LogP contribution in [0.3, 0.4) is 0 Å². The number of hydrogen-bond donors (Lipinski definition) is 3. The molecule has 0 aliphatic rings. The summed E-state index contributed by atoms with van der Waals surface area (Å²) in [5.74, 6) is 0.287. The molecule has 3 N–H and O–H groups in total. The first-order valence-corrected chi connectivity index (χ1v) is 8.09. The van der Waals surface area contributed by atoms with Gasteiger partial charge >= 0.3 is 6.03 Å². The monoisotopic (exact) mass is 349 g/mol. The number of aromatic nitrogens is 2. The lowest BCUT2D eigenvalue weighted by atomic mass is 10.2. The van der Waals surface area contributed by atoms with E-state index in [0.717, 1.165) is 5.56 Å². The van der Waals surface area contributed by atoms with Crippen molar-refractivity contribution in [2.24, 2.45) is 7.05 Å². The van der Waals surface area contributed by atoms with Gasteiger partial charge in [-0.2, -0.15) is 0 Å². The fourth-order valence-corrected chi connectivity index (χ4v) is 2.38. The fourth-order valence-electron chi connectivity index (χ4n) is 2.38. The van der Waals surface area contributed by atoms with Crippen molar-refractivity contribution in [3.63, 3.8) is 0 Å². The lowest BCUT2D eigenvalue weighted by Crippen LogP contribution is -2.22. The molecule has 0 atom stereocenters.